The van der Waals surface area contributed by atoms with Crippen LogP contribution in [0.2, 0.25) is 0 Å². The Hall–Kier alpha value is -4.36. The van der Waals surface area contributed by atoms with Gasteiger partial charge in [-0.15, -0.1) is 5.06 Å². The second-order valence-electron chi connectivity index (χ2n) is 15.3. The lowest BCUT2D eigenvalue weighted by atomic mass is 9.86. The third-order valence-corrected chi connectivity index (χ3v) is 8.57. The number of aryl methyl sites for hydroxylation is 1. The van der Waals surface area contributed by atoms with E-state index in [0.717, 1.165) is 42.3 Å². The maximum atomic E-state index is 13.7. The van der Waals surface area contributed by atoms with Gasteiger partial charge in [-0.05, 0) is 114 Å². The van der Waals surface area contributed by atoms with Crippen molar-refractivity contribution in [2.24, 2.45) is 5.92 Å². The van der Waals surface area contributed by atoms with Crippen LogP contribution in [0.4, 0.5) is 16.2 Å². The van der Waals surface area contributed by atoms with Gasteiger partial charge in [0.05, 0.1) is 23.7 Å². The number of piperidine rings is 1. The van der Waals surface area contributed by atoms with Gasteiger partial charge in [0.1, 0.15) is 17.1 Å². The van der Waals surface area contributed by atoms with Gasteiger partial charge in [0, 0.05) is 36.6 Å². The zero-order valence-electron chi connectivity index (χ0n) is 31.4. The Kier molecular flexibility index (Phi) is 12.3. The molecule has 2 N–H and O–H groups in total. The van der Waals surface area contributed by atoms with Crippen LogP contribution in [0.1, 0.15) is 95.4 Å². The molecule has 3 aromatic rings. The van der Waals surface area contributed by atoms with Crippen molar-refractivity contribution in [2.45, 2.75) is 98.7 Å². The normalized spacial score (nSPS) is 14.6. The number of amides is 1. The van der Waals surface area contributed by atoms with Gasteiger partial charge in [-0.25, -0.2) is 13.2 Å². The molecule has 1 aliphatic rings. The standard InChI is InChI=1S/C38H52N4O8S/c1-24(2)47-34-31(21-28(37(4,5)6)22-32(34)41-51(10,45)46)40-35(43)27-12-11-25(3)33(20-27)48-30-13-16-39-29(23-30)19-26-14-17-42(18-15-26)50-36(44)49-38(7,8)9/h11-13,16,20-24,26,41H,14-15,17-19H2,1-10H3,(H,40,43). The van der Waals surface area contributed by atoms with Crippen molar-refractivity contribution >= 4 is 33.5 Å². The van der Waals surface area contributed by atoms with Gasteiger partial charge in [0.2, 0.25) is 10.0 Å². The molecule has 0 saturated carbocycles. The first-order valence-electron chi connectivity index (χ1n) is 17.2. The third-order valence-electron chi connectivity index (χ3n) is 7.98. The molecular formula is C38H52N4O8S. The lowest BCUT2D eigenvalue weighted by Crippen LogP contribution is -2.38. The van der Waals surface area contributed by atoms with Crippen molar-refractivity contribution in [3.63, 3.8) is 0 Å². The zero-order valence-corrected chi connectivity index (χ0v) is 32.2. The topological polar surface area (TPSA) is 145 Å². The quantitative estimate of drug-likeness (QED) is 0.187. The number of ether oxygens (including phenoxy) is 3. The number of sulfonamides is 1. The van der Waals surface area contributed by atoms with Gasteiger partial charge in [0.15, 0.2) is 5.75 Å². The number of anilines is 2. The van der Waals surface area contributed by atoms with Crippen molar-refractivity contribution in [1.29, 1.82) is 0 Å². The largest absolute Gasteiger partial charge is 0.528 e. The second-order valence-corrected chi connectivity index (χ2v) is 17.1. The third kappa shape index (κ3) is 12.1. The van der Waals surface area contributed by atoms with E-state index in [1.54, 1.807) is 56.3 Å². The lowest BCUT2D eigenvalue weighted by molar-refractivity contribution is -0.155. The van der Waals surface area contributed by atoms with Gasteiger partial charge < -0.3 is 24.4 Å². The van der Waals surface area contributed by atoms with Crippen molar-refractivity contribution in [2.75, 3.05) is 29.4 Å². The maximum absolute atomic E-state index is 13.7. The highest BCUT2D eigenvalue weighted by Crippen LogP contribution is 2.40. The number of rotatable bonds is 11. The Morgan fingerprint density at radius 2 is 1.65 bits per heavy atom. The zero-order chi connectivity index (χ0) is 37.7. The van der Waals surface area contributed by atoms with Crippen LogP contribution in [-0.2, 0) is 31.4 Å². The summed E-state index contributed by atoms with van der Waals surface area (Å²) in [6.45, 7) is 18.2. The predicted molar refractivity (Wildman–Crippen MR) is 198 cm³/mol. The van der Waals surface area contributed by atoms with Crippen molar-refractivity contribution in [3.8, 4) is 17.2 Å². The average Bonchev–Trinajstić information content (AvgIpc) is 2.98. The van der Waals surface area contributed by atoms with Gasteiger partial charge in [-0.3, -0.25) is 14.5 Å². The molecule has 0 aliphatic carbocycles. The van der Waals surface area contributed by atoms with Crippen LogP contribution in [0, 0.1) is 12.8 Å². The Balaban J connectivity index is 1.48. The Labute approximate surface area is 302 Å². The van der Waals surface area contributed by atoms with Crippen molar-refractivity contribution in [3.05, 3.63) is 71.0 Å². The number of hydroxylamine groups is 2. The summed E-state index contributed by atoms with van der Waals surface area (Å²) in [5.41, 5.74) is 2.48. The second kappa shape index (κ2) is 15.9. The molecule has 1 aromatic heterocycles. The fraction of sp³-hybridized carbons (Fsp3) is 0.500. The SMILES string of the molecule is Cc1ccc(C(=O)Nc2cc(C(C)(C)C)cc(NS(C)(=O)=O)c2OC(C)C)cc1Oc1ccnc(CC2CCN(OC(=O)OC(C)(C)C)CC2)c1. The van der Waals surface area contributed by atoms with Crippen LogP contribution in [0.25, 0.3) is 0 Å². The predicted octanol–water partition coefficient (Wildman–Crippen LogP) is 8.01. The lowest BCUT2D eigenvalue weighted by Gasteiger charge is -2.30. The minimum Gasteiger partial charge on any atom is -0.487 e. The Bertz CT molecular complexity index is 1820. The highest BCUT2D eigenvalue weighted by Gasteiger charge is 2.26. The maximum Gasteiger partial charge on any atom is 0.528 e. The van der Waals surface area contributed by atoms with E-state index in [0.29, 0.717) is 41.8 Å². The van der Waals surface area contributed by atoms with Crippen LogP contribution in [0.5, 0.6) is 17.2 Å². The Morgan fingerprint density at radius 1 is 0.980 bits per heavy atom. The molecule has 1 saturated heterocycles. The number of nitrogens with zero attached hydrogens (tertiary/aromatic N) is 2. The number of nitrogens with one attached hydrogen (secondary N) is 2. The van der Waals surface area contributed by atoms with E-state index in [-0.39, 0.29) is 23.0 Å². The van der Waals surface area contributed by atoms with Gasteiger partial charge in [0.25, 0.3) is 5.91 Å². The highest BCUT2D eigenvalue weighted by molar-refractivity contribution is 7.92. The van der Waals surface area contributed by atoms with Gasteiger partial charge in [-0.2, -0.15) is 0 Å². The first-order chi connectivity index (χ1) is 23.6. The number of pyridine rings is 1. The number of carbonyl (C=O) groups excluding carboxylic acids is 2. The summed E-state index contributed by atoms with van der Waals surface area (Å²) in [4.78, 5) is 35.7. The minimum atomic E-state index is -3.64. The minimum absolute atomic E-state index is 0.228. The van der Waals surface area contributed by atoms with Crippen molar-refractivity contribution in [1.82, 2.24) is 10.0 Å². The van der Waals surface area contributed by atoms with Crippen LogP contribution in [0.15, 0.2) is 48.7 Å². The molecule has 51 heavy (non-hydrogen) atoms. The van der Waals surface area contributed by atoms with Crippen LogP contribution in [0.3, 0.4) is 0 Å². The first-order valence-corrected chi connectivity index (χ1v) is 19.1. The Morgan fingerprint density at radius 3 is 2.25 bits per heavy atom. The summed E-state index contributed by atoms with van der Waals surface area (Å²) in [5, 5.41) is 4.60. The molecule has 1 amide bonds. The molecule has 0 bridgehead atoms. The molecule has 2 aromatic carbocycles. The smallest absolute Gasteiger partial charge is 0.487 e. The molecule has 13 heteroatoms. The fourth-order valence-electron chi connectivity index (χ4n) is 5.47. The van der Waals surface area contributed by atoms with Crippen LogP contribution < -0.4 is 19.5 Å². The van der Waals surface area contributed by atoms with E-state index < -0.39 is 27.7 Å². The van der Waals surface area contributed by atoms with E-state index in [1.165, 1.54) is 0 Å². The molecule has 0 radical (unpaired) electrons. The molecule has 0 atom stereocenters. The molecule has 1 aliphatic heterocycles. The van der Waals surface area contributed by atoms with E-state index >= 15 is 0 Å². The summed E-state index contributed by atoms with van der Waals surface area (Å²) in [6, 6.07) is 12.4. The highest BCUT2D eigenvalue weighted by atomic mass is 32.2. The summed E-state index contributed by atoms with van der Waals surface area (Å²) in [7, 11) is -3.64. The molecule has 2 heterocycles. The number of aromatic nitrogens is 1. The van der Waals surface area contributed by atoms with Crippen molar-refractivity contribution < 1.29 is 37.1 Å². The number of carbonyl (C=O) groups is 2. The molecular weight excluding hydrogens is 673 g/mol. The van der Waals surface area contributed by atoms with Crippen LogP contribution >= 0.6 is 0 Å². The average molecular weight is 725 g/mol. The first kappa shape index (κ1) is 39.4. The monoisotopic (exact) mass is 724 g/mol. The van der Waals surface area contributed by atoms with Gasteiger partial charge in [-0.1, -0.05) is 26.8 Å². The molecule has 1 fully saturated rings. The van der Waals surface area contributed by atoms with Gasteiger partial charge >= 0.3 is 6.16 Å². The van der Waals surface area contributed by atoms with E-state index in [2.05, 4.69) is 15.0 Å². The van der Waals surface area contributed by atoms with E-state index in [4.69, 9.17) is 19.0 Å². The summed E-state index contributed by atoms with van der Waals surface area (Å²) >= 11 is 0. The molecule has 0 unspecified atom stereocenters. The number of hydrogen-bond donors (Lipinski definition) is 2. The van der Waals surface area contributed by atoms with Crippen LogP contribution in [-0.4, -0.2) is 61.6 Å². The number of benzene rings is 2. The summed E-state index contributed by atoms with van der Waals surface area (Å²) in [6.07, 6.45) is 4.20. The van der Waals surface area contributed by atoms with E-state index in [1.807, 2.05) is 59.7 Å². The molecule has 0 spiro atoms. The van der Waals surface area contributed by atoms with E-state index in [9.17, 15) is 18.0 Å². The molecule has 278 valence electrons. The summed E-state index contributed by atoms with van der Waals surface area (Å²) < 4.78 is 44.7. The molecule has 12 nitrogen and oxygen atoms in total. The summed E-state index contributed by atoms with van der Waals surface area (Å²) in [5.74, 6) is 1.27. The number of hydrogen-bond acceptors (Lipinski definition) is 10. The fourth-order valence-corrected chi connectivity index (χ4v) is 6.02. The molecule has 4 rings (SSSR count).